The van der Waals surface area contributed by atoms with Gasteiger partial charge in [0.25, 0.3) is 5.91 Å². The Bertz CT molecular complexity index is 1300. The van der Waals surface area contributed by atoms with Gasteiger partial charge in [-0.3, -0.25) is 4.79 Å². The molecule has 5 nitrogen and oxygen atoms in total. The Balaban J connectivity index is 1.40. The van der Waals surface area contributed by atoms with Crippen molar-refractivity contribution in [2.24, 2.45) is 5.10 Å². The summed E-state index contributed by atoms with van der Waals surface area (Å²) >= 11 is 7.55. The van der Waals surface area contributed by atoms with E-state index in [-0.39, 0.29) is 11.7 Å². The van der Waals surface area contributed by atoms with Gasteiger partial charge in [-0.25, -0.2) is 10.4 Å². The molecule has 0 saturated carbocycles. The first-order chi connectivity index (χ1) is 16.1. The SMILES string of the molecule is Cc1ccc(Cn2c(SCC(=O)NN=CC(Cl)=Cc3ccccc3)nc3ccccc32)cc1. The molecule has 0 aliphatic carbocycles. The van der Waals surface area contributed by atoms with Crippen LogP contribution in [-0.4, -0.2) is 27.4 Å². The average Bonchev–Trinajstić information content (AvgIpc) is 3.17. The first kappa shape index (κ1) is 22.8. The van der Waals surface area contributed by atoms with Crippen LogP contribution in [0.2, 0.25) is 0 Å². The number of hydrazone groups is 1. The van der Waals surface area contributed by atoms with Gasteiger partial charge in [0.15, 0.2) is 5.16 Å². The van der Waals surface area contributed by atoms with Crippen molar-refractivity contribution in [2.45, 2.75) is 18.6 Å². The highest BCUT2D eigenvalue weighted by Gasteiger charge is 2.13. The smallest absolute Gasteiger partial charge is 0.250 e. The molecule has 0 radical (unpaired) electrons. The Kier molecular flexibility index (Phi) is 7.60. The van der Waals surface area contributed by atoms with E-state index in [1.165, 1.54) is 29.1 Å². The maximum absolute atomic E-state index is 12.3. The van der Waals surface area contributed by atoms with Crippen molar-refractivity contribution in [2.75, 3.05) is 5.75 Å². The number of allylic oxidation sites excluding steroid dienone is 1. The number of halogens is 1. The van der Waals surface area contributed by atoms with Crippen LogP contribution in [0.25, 0.3) is 17.1 Å². The topological polar surface area (TPSA) is 59.3 Å². The summed E-state index contributed by atoms with van der Waals surface area (Å²) in [5.74, 6) is -0.0384. The summed E-state index contributed by atoms with van der Waals surface area (Å²) in [6.07, 6.45) is 3.20. The van der Waals surface area contributed by atoms with Gasteiger partial charge < -0.3 is 4.57 Å². The second-order valence-corrected chi connectivity index (χ2v) is 8.86. The molecule has 0 aliphatic rings. The highest BCUT2D eigenvalue weighted by Crippen LogP contribution is 2.25. The lowest BCUT2D eigenvalue weighted by atomic mass is 10.1. The van der Waals surface area contributed by atoms with Crippen molar-refractivity contribution in [3.8, 4) is 0 Å². The number of amides is 1. The van der Waals surface area contributed by atoms with E-state index in [2.05, 4.69) is 46.3 Å². The average molecular weight is 475 g/mol. The molecule has 1 aromatic heterocycles. The first-order valence-electron chi connectivity index (χ1n) is 10.5. The monoisotopic (exact) mass is 474 g/mol. The number of carbonyl (C=O) groups excluding carboxylic acids is 1. The number of benzene rings is 3. The molecular weight excluding hydrogens is 452 g/mol. The summed E-state index contributed by atoms with van der Waals surface area (Å²) in [5, 5.41) is 5.17. The summed E-state index contributed by atoms with van der Waals surface area (Å²) in [4.78, 5) is 17.1. The van der Waals surface area contributed by atoms with Gasteiger partial charge in [0.2, 0.25) is 0 Å². The molecule has 7 heteroatoms. The van der Waals surface area contributed by atoms with Crippen LogP contribution in [0.1, 0.15) is 16.7 Å². The molecule has 0 unspecified atom stereocenters. The fourth-order valence-electron chi connectivity index (χ4n) is 3.27. The maximum Gasteiger partial charge on any atom is 0.250 e. The molecule has 0 bridgehead atoms. The number of para-hydroxylation sites is 2. The molecule has 4 aromatic rings. The van der Waals surface area contributed by atoms with Gasteiger partial charge in [-0.2, -0.15) is 5.10 Å². The normalized spacial score (nSPS) is 11.9. The highest BCUT2D eigenvalue weighted by atomic mass is 35.5. The van der Waals surface area contributed by atoms with Crippen LogP contribution < -0.4 is 5.43 Å². The fraction of sp³-hybridized carbons (Fsp3) is 0.115. The van der Waals surface area contributed by atoms with Gasteiger partial charge in [0, 0.05) is 0 Å². The van der Waals surface area contributed by atoms with Crippen LogP contribution in [0, 0.1) is 6.92 Å². The lowest BCUT2D eigenvalue weighted by Crippen LogP contribution is -2.20. The van der Waals surface area contributed by atoms with E-state index in [4.69, 9.17) is 16.6 Å². The van der Waals surface area contributed by atoms with Gasteiger partial charge in [-0.1, -0.05) is 95.7 Å². The molecule has 4 rings (SSSR count). The largest absolute Gasteiger partial charge is 0.314 e. The van der Waals surface area contributed by atoms with Crippen molar-refractivity contribution >= 4 is 52.6 Å². The highest BCUT2D eigenvalue weighted by molar-refractivity contribution is 7.99. The standard InChI is InChI=1S/C26H23ClN4OS/c1-19-11-13-21(14-12-19)17-31-24-10-6-5-9-23(24)29-26(31)33-18-25(32)30-28-16-22(27)15-20-7-3-2-4-8-20/h2-16H,17-18H2,1H3,(H,30,32). The van der Waals surface area contributed by atoms with Gasteiger partial charge in [-0.15, -0.1) is 0 Å². The summed E-state index contributed by atoms with van der Waals surface area (Å²) in [6, 6.07) is 26.1. The predicted octanol–water partition coefficient (Wildman–Crippen LogP) is 5.87. The lowest BCUT2D eigenvalue weighted by Gasteiger charge is -2.09. The van der Waals surface area contributed by atoms with Crippen molar-refractivity contribution in [1.82, 2.24) is 15.0 Å². The molecule has 1 N–H and O–H groups in total. The van der Waals surface area contributed by atoms with E-state index in [1.807, 2.05) is 54.6 Å². The quantitative estimate of drug-likeness (QED) is 0.197. The zero-order valence-electron chi connectivity index (χ0n) is 18.1. The number of imidazole rings is 1. The van der Waals surface area contributed by atoms with Crippen LogP contribution in [-0.2, 0) is 11.3 Å². The predicted molar refractivity (Wildman–Crippen MR) is 138 cm³/mol. The van der Waals surface area contributed by atoms with Gasteiger partial charge >= 0.3 is 0 Å². The lowest BCUT2D eigenvalue weighted by molar-refractivity contribution is -0.118. The Labute approximate surface area is 202 Å². The summed E-state index contributed by atoms with van der Waals surface area (Å²) < 4.78 is 2.14. The molecule has 166 valence electrons. The van der Waals surface area contributed by atoms with Crippen molar-refractivity contribution in [3.63, 3.8) is 0 Å². The molecule has 0 fully saturated rings. The van der Waals surface area contributed by atoms with Crippen LogP contribution in [0.3, 0.4) is 0 Å². The molecule has 0 saturated heterocycles. The third-order valence-corrected chi connectivity index (χ3v) is 6.08. The maximum atomic E-state index is 12.3. The minimum absolute atomic E-state index is 0.189. The van der Waals surface area contributed by atoms with Crippen molar-refractivity contribution < 1.29 is 4.79 Å². The van der Waals surface area contributed by atoms with Crippen LogP contribution >= 0.6 is 23.4 Å². The Morgan fingerprint density at radius 2 is 1.79 bits per heavy atom. The second kappa shape index (κ2) is 11.0. The number of nitrogens with one attached hydrogen (secondary N) is 1. The number of fused-ring (bicyclic) bond motifs is 1. The number of aromatic nitrogens is 2. The van der Waals surface area contributed by atoms with E-state index in [9.17, 15) is 4.79 Å². The first-order valence-corrected chi connectivity index (χ1v) is 11.8. The molecule has 0 atom stereocenters. The summed E-state index contributed by atoms with van der Waals surface area (Å²) in [6.45, 7) is 2.76. The molecule has 1 amide bonds. The third kappa shape index (κ3) is 6.34. The Hall–Kier alpha value is -3.35. The zero-order valence-corrected chi connectivity index (χ0v) is 19.7. The number of rotatable bonds is 8. The molecule has 33 heavy (non-hydrogen) atoms. The number of hydrogen-bond acceptors (Lipinski definition) is 4. The number of hydrogen-bond donors (Lipinski definition) is 1. The van der Waals surface area contributed by atoms with Crippen LogP contribution in [0.15, 0.2) is 94.2 Å². The molecule has 3 aromatic carbocycles. The van der Waals surface area contributed by atoms with E-state index in [0.29, 0.717) is 11.6 Å². The van der Waals surface area contributed by atoms with E-state index in [0.717, 1.165) is 21.8 Å². The number of thioether (sulfide) groups is 1. The number of nitrogens with zero attached hydrogens (tertiary/aromatic N) is 3. The Morgan fingerprint density at radius 1 is 1.06 bits per heavy atom. The fourth-order valence-corrected chi connectivity index (χ4v) is 4.25. The zero-order chi connectivity index (χ0) is 23.0. The van der Waals surface area contributed by atoms with Gasteiger partial charge in [-0.05, 0) is 36.3 Å². The van der Waals surface area contributed by atoms with E-state index < -0.39 is 0 Å². The van der Waals surface area contributed by atoms with E-state index in [1.54, 1.807) is 6.08 Å². The number of carbonyl (C=O) groups is 1. The summed E-state index contributed by atoms with van der Waals surface area (Å²) in [5.41, 5.74) is 7.83. The minimum atomic E-state index is -0.227. The summed E-state index contributed by atoms with van der Waals surface area (Å²) in [7, 11) is 0. The Morgan fingerprint density at radius 3 is 2.58 bits per heavy atom. The van der Waals surface area contributed by atoms with Crippen molar-refractivity contribution in [1.29, 1.82) is 0 Å². The second-order valence-electron chi connectivity index (χ2n) is 7.48. The molecule has 0 aliphatic heterocycles. The van der Waals surface area contributed by atoms with Crippen molar-refractivity contribution in [3.05, 3.63) is 101 Å². The van der Waals surface area contributed by atoms with Crippen LogP contribution in [0.4, 0.5) is 0 Å². The minimum Gasteiger partial charge on any atom is -0.314 e. The molecule has 1 heterocycles. The van der Waals surface area contributed by atoms with Gasteiger partial charge in [0.1, 0.15) is 0 Å². The molecular formula is C26H23ClN4OS. The number of aryl methyl sites for hydroxylation is 1. The third-order valence-electron chi connectivity index (χ3n) is 4.89. The van der Waals surface area contributed by atoms with Gasteiger partial charge in [0.05, 0.1) is 34.6 Å². The molecule has 0 spiro atoms. The van der Waals surface area contributed by atoms with Crippen LogP contribution in [0.5, 0.6) is 0 Å². The van der Waals surface area contributed by atoms with E-state index >= 15 is 0 Å².